The Morgan fingerprint density at radius 3 is 2.35 bits per heavy atom. The number of halogens is 1. The molecule has 6 aliphatic rings. The summed E-state index contributed by atoms with van der Waals surface area (Å²) in [6.45, 7) is 9.39. The van der Waals surface area contributed by atoms with Crippen molar-refractivity contribution < 1.29 is 18.7 Å². The van der Waals surface area contributed by atoms with Crippen LogP contribution in [-0.4, -0.2) is 81.9 Å². The van der Waals surface area contributed by atoms with Crippen molar-refractivity contribution in [2.24, 2.45) is 16.7 Å². The lowest BCUT2D eigenvalue weighted by molar-refractivity contribution is -0.126. The van der Waals surface area contributed by atoms with E-state index in [0.29, 0.717) is 17.4 Å². The second-order valence-corrected chi connectivity index (χ2v) is 16.0. The molecule has 3 aliphatic heterocycles. The third kappa shape index (κ3) is 5.75. The number of rotatable bonds is 8. The molecule has 2 amide bonds. The van der Waals surface area contributed by atoms with Crippen LogP contribution < -0.4 is 15.0 Å². The van der Waals surface area contributed by atoms with Gasteiger partial charge in [-0.15, -0.1) is 0 Å². The molecule has 0 bridgehead atoms. The third-order valence-corrected chi connectivity index (χ3v) is 11.8. The minimum absolute atomic E-state index is 0.0311. The zero-order chi connectivity index (χ0) is 31.7. The van der Waals surface area contributed by atoms with Crippen LogP contribution in [0, 0.1) is 22.6 Å². The molecule has 3 saturated carbocycles. The number of hydrogen-bond acceptors (Lipinski definition) is 7. The van der Waals surface area contributed by atoms with E-state index in [0.717, 1.165) is 83.5 Å². The number of anilines is 1. The summed E-state index contributed by atoms with van der Waals surface area (Å²) in [6, 6.07) is 4.74. The Hall–Kier alpha value is -3.27. The Balaban J connectivity index is 0.869. The fraction of sp³-hybridized carbons (Fsp3) is 0.667. The number of nitrogens with zero attached hydrogens (tertiary/aromatic N) is 5. The molecule has 2 spiro atoms. The molecule has 4 heterocycles. The zero-order valence-corrected chi connectivity index (χ0v) is 27.3. The SMILES string of the molecule is CC1(C)CC2(CCC(CN3CCC4(CC3)CN(c3ncncc3Oc3ccc(F)cc3C(=O)N(C3CC3)C3CC3)C4)CC2)NC1=O. The number of hydrogen-bond donors (Lipinski definition) is 1. The molecule has 8 rings (SSSR count). The summed E-state index contributed by atoms with van der Waals surface area (Å²) in [5, 5.41) is 3.36. The Kier molecular flexibility index (Phi) is 7.31. The number of nitrogens with one attached hydrogen (secondary N) is 1. The van der Waals surface area contributed by atoms with Gasteiger partial charge in [-0.2, -0.15) is 0 Å². The molecule has 1 aromatic carbocycles. The van der Waals surface area contributed by atoms with Crippen LogP contribution in [0.2, 0.25) is 0 Å². The van der Waals surface area contributed by atoms with Gasteiger partial charge in [0.05, 0.1) is 11.8 Å². The highest BCUT2D eigenvalue weighted by atomic mass is 19.1. The lowest BCUT2D eigenvalue weighted by atomic mass is 9.70. The molecule has 6 fully saturated rings. The molecule has 9 nitrogen and oxygen atoms in total. The van der Waals surface area contributed by atoms with Gasteiger partial charge in [0, 0.05) is 48.1 Å². The van der Waals surface area contributed by atoms with Gasteiger partial charge in [0.15, 0.2) is 11.6 Å². The number of carbonyl (C=O) groups is 2. The average Bonchev–Trinajstić information content (AvgIpc) is 3.96. The predicted octanol–water partition coefficient (Wildman–Crippen LogP) is 5.55. The molecule has 0 radical (unpaired) electrons. The van der Waals surface area contributed by atoms with E-state index in [1.165, 1.54) is 37.8 Å². The number of aromatic nitrogens is 2. The molecular weight excluding hydrogens is 583 g/mol. The topological polar surface area (TPSA) is 90.9 Å². The largest absolute Gasteiger partial charge is 0.451 e. The summed E-state index contributed by atoms with van der Waals surface area (Å²) in [5.74, 6) is 1.92. The maximum atomic E-state index is 14.4. The second-order valence-electron chi connectivity index (χ2n) is 16.0. The number of benzene rings is 1. The molecule has 3 saturated heterocycles. The Labute approximate surface area is 271 Å². The van der Waals surface area contributed by atoms with Crippen LogP contribution in [-0.2, 0) is 4.79 Å². The molecule has 0 unspecified atom stereocenters. The van der Waals surface area contributed by atoms with E-state index < -0.39 is 5.82 Å². The van der Waals surface area contributed by atoms with Crippen LogP contribution in [0.1, 0.15) is 94.8 Å². The summed E-state index contributed by atoms with van der Waals surface area (Å²) in [4.78, 5) is 41.8. The van der Waals surface area contributed by atoms with E-state index in [4.69, 9.17) is 4.74 Å². The first-order valence-corrected chi connectivity index (χ1v) is 17.5. The third-order valence-electron chi connectivity index (χ3n) is 11.8. The summed E-state index contributed by atoms with van der Waals surface area (Å²) >= 11 is 0. The molecule has 0 atom stereocenters. The van der Waals surface area contributed by atoms with Crippen molar-refractivity contribution in [3.8, 4) is 11.5 Å². The van der Waals surface area contributed by atoms with Gasteiger partial charge in [0.25, 0.3) is 5.91 Å². The normalized spacial score (nSPS) is 28.6. The Morgan fingerprint density at radius 2 is 1.72 bits per heavy atom. The molecule has 2 aromatic rings. The number of carbonyl (C=O) groups excluding carboxylic acids is 2. The standard InChI is InChI=1S/C36H47FN6O3/c1-34(2)20-36(40-33(34)45)11-9-24(10-12-36)19-41-15-13-35(14-16-41)21-42(22-35)31-30(18-38-23-39-31)46-29-8-3-25(37)17-28(29)32(44)43(26-4-5-26)27-6-7-27/h3,8,17-18,23-24,26-27H,4-7,9-16,19-22H2,1-2H3,(H,40,45). The van der Waals surface area contributed by atoms with Crippen molar-refractivity contribution in [3.05, 3.63) is 42.1 Å². The van der Waals surface area contributed by atoms with Crippen LogP contribution in [0.15, 0.2) is 30.7 Å². The van der Waals surface area contributed by atoms with Crippen LogP contribution in [0.5, 0.6) is 11.5 Å². The summed E-state index contributed by atoms with van der Waals surface area (Å²) in [7, 11) is 0. The van der Waals surface area contributed by atoms with Gasteiger partial charge >= 0.3 is 0 Å². The predicted molar refractivity (Wildman–Crippen MR) is 172 cm³/mol. The smallest absolute Gasteiger partial charge is 0.258 e. The first-order valence-electron chi connectivity index (χ1n) is 17.5. The maximum absolute atomic E-state index is 14.4. The van der Waals surface area contributed by atoms with Gasteiger partial charge in [-0.05, 0) is 108 Å². The van der Waals surface area contributed by atoms with Crippen LogP contribution in [0.4, 0.5) is 10.2 Å². The molecule has 10 heteroatoms. The van der Waals surface area contributed by atoms with E-state index in [9.17, 15) is 14.0 Å². The van der Waals surface area contributed by atoms with Gasteiger partial charge in [-0.1, -0.05) is 13.8 Å². The molecule has 1 N–H and O–H groups in total. The van der Waals surface area contributed by atoms with Gasteiger partial charge in [0.1, 0.15) is 17.9 Å². The Bertz CT molecular complexity index is 1490. The fourth-order valence-corrected chi connectivity index (χ4v) is 8.87. The summed E-state index contributed by atoms with van der Waals surface area (Å²) in [6.07, 6.45) is 15.2. The lowest BCUT2D eigenvalue weighted by Gasteiger charge is -2.55. The lowest BCUT2D eigenvalue weighted by Crippen LogP contribution is -2.61. The van der Waals surface area contributed by atoms with Crippen molar-refractivity contribution in [2.45, 2.75) is 102 Å². The minimum Gasteiger partial charge on any atom is -0.451 e. The minimum atomic E-state index is -0.443. The molecule has 1 aromatic heterocycles. The van der Waals surface area contributed by atoms with Crippen LogP contribution in [0.25, 0.3) is 0 Å². The molecule has 46 heavy (non-hydrogen) atoms. The number of likely N-dealkylation sites (tertiary alicyclic amines) is 1. The Morgan fingerprint density at radius 1 is 1.02 bits per heavy atom. The molecular formula is C36H47FN6O3. The number of amides is 2. The summed E-state index contributed by atoms with van der Waals surface area (Å²) in [5.41, 5.74) is 0.343. The van der Waals surface area contributed by atoms with E-state index in [1.807, 2.05) is 4.90 Å². The van der Waals surface area contributed by atoms with Crippen molar-refractivity contribution in [2.75, 3.05) is 37.6 Å². The van der Waals surface area contributed by atoms with E-state index in [2.05, 4.69) is 38.9 Å². The zero-order valence-electron chi connectivity index (χ0n) is 27.3. The molecule has 246 valence electrons. The monoisotopic (exact) mass is 630 g/mol. The summed E-state index contributed by atoms with van der Waals surface area (Å²) < 4.78 is 20.7. The highest BCUT2D eigenvalue weighted by Crippen LogP contribution is 2.47. The fourth-order valence-electron chi connectivity index (χ4n) is 8.87. The highest BCUT2D eigenvalue weighted by Gasteiger charge is 2.51. The first-order chi connectivity index (χ1) is 22.1. The average molecular weight is 631 g/mol. The van der Waals surface area contributed by atoms with Gasteiger partial charge in [-0.3, -0.25) is 9.59 Å². The van der Waals surface area contributed by atoms with E-state index in [-0.39, 0.29) is 45.8 Å². The van der Waals surface area contributed by atoms with Crippen molar-refractivity contribution >= 4 is 17.6 Å². The second kappa shape index (κ2) is 11.2. The maximum Gasteiger partial charge on any atom is 0.258 e. The van der Waals surface area contributed by atoms with E-state index in [1.54, 1.807) is 18.6 Å². The molecule has 3 aliphatic carbocycles. The quantitative estimate of drug-likeness (QED) is 0.409. The first kappa shape index (κ1) is 30.1. The van der Waals surface area contributed by atoms with E-state index >= 15 is 0 Å². The van der Waals surface area contributed by atoms with Crippen LogP contribution in [0.3, 0.4) is 0 Å². The highest BCUT2D eigenvalue weighted by molar-refractivity contribution is 5.98. The number of piperidine rings is 1. The van der Waals surface area contributed by atoms with Gasteiger partial charge in [-0.25, -0.2) is 14.4 Å². The van der Waals surface area contributed by atoms with Gasteiger partial charge < -0.3 is 24.8 Å². The van der Waals surface area contributed by atoms with Crippen molar-refractivity contribution in [3.63, 3.8) is 0 Å². The number of ether oxygens (including phenoxy) is 1. The van der Waals surface area contributed by atoms with Gasteiger partial charge in [0.2, 0.25) is 5.91 Å². The van der Waals surface area contributed by atoms with Crippen molar-refractivity contribution in [1.82, 2.24) is 25.1 Å². The van der Waals surface area contributed by atoms with Crippen molar-refractivity contribution in [1.29, 1.82) is 0 Å². The van der Waals surface area contributed by atoms with Crippen LogP contribution >= 0.6 is 0 Å².